The van der Waals surface area contributed by atoms with E-state index in [0.29, 0.717) is 5.56 Å². The summed E-state index contributed by atoms with van der Waals surface area (Å²) in [6, 6.07) is 4.39. The molecule has 5 nitrogen and oxygen atoms in total. The minimum absolute atomic E-state index is 0.0312. The molecule has 1 aromatic rings. The number of ether oxygens (including phenoxy) is 1. The molecule has 1 rings (SSSR count). The lowest BCUT2D eigenvalue weighted by atomic mass is 10.1. The number of hydrogen-bond acceptors (Lipinski definition) is 3. The maximum Gasteiger partial charge on any atom is 0.339 e. The largest absolute Gasteiger partial charge is 0.496 e. The van der Waals surface area contributed by atoms with Crippen LogP contribution in [0.3, 0.4) is 0 Å². The van der Waals surface area contributed by atoms with Gasteiger partial charge in [0.05, 0.1) is 13.5 Å². The van der Waals surface area contributed by atoms with Gasteiger partial charge < -0.3 is 14.9 Å². The quantitative estimate of drug-likeness (QED) is 0.775. The first-order valence-corrected chi connectivity index (χ1v) is 4.17. The number of rotatable bonds is 4. The van der Waals surface area contributed by atoms with Gasteiger partial charge in [-0.15, -0.1) is 0 Å². The predicted molar refractivity (Wildman–Crippen MR) is 51.3 cm³/mol. The van der Waals surface area contributed by atoms with Crippen LogP contribution in [-0.2, 0) is 11.2 Å². The number of methoxy groups -OCH3 is 1. The van der Waals surface area contributed by atoms with Gasteiger partial charge >= 0.3 is 11.9 Å². The second kappa shape index (κ2) is 4.45. The number of hydrogen-bond donors (Lipinski definition) is 2. The molecule has 0 saturated carbocycles. The summed E-state index contributed by atoms with van der Waals surface area (Å²) in [6.07, 6.45) is -0.260. The van der Waals surface area contributed by atoms with Crippen LogP contribution in [0.25, 0.3) is 0 Å². The van der Waals surface area contributed by atoms with Crippen LogP contribution in [-0.4, -0.2) is 29.3 Å². The van der Waals surface area contributed by atoms with Crippen molar-refractivity contribution in [2.75, 3.05) is 7.11 Å². The second-order valence-electron chi connectivity index (χ2n) is 2.87. The minimum atomic E-state index is -1.14. The van der Waals surface area contributed by atoms with E-state index < -0.39 is 11.9 Å². The molecule has 1 aromatic carbocycles. The molecule has 15 heavy (non-hydrogen) atoms. The molecule has 0 aliphatic carbocycles. The highest BCUT2D eigenvalue weighted by Crippen LogP contribution is 2.24. The topological polar surface area (TPSA) is 83.8 Å². The van der Waals surface area contributed by atoms with Gasteiger partial charge in [0.1, 0.15) is 11.3 Å². The molecule has 0 spiro atoms. The molecule has 0 amide bonds. The van der Waals surface area contributed by atoms with Crippen molar-refractivity contribution < 1.29 is 24.5 Å². The Morgan fingerprint density at radius 3 is 2.47 bits per heavy atom. The van der Waals surface area contributed by atoms with E-state index in [1.807, 2.05) is 0 Å². The van der Waals surface area contributed by atoms with Gasteiger partial charge in [0, 0.05) is 5.56 Å². The third-order valence-corrected chi connectivity index (χ3v) is 1.87. The monoisotopic (exact) mass is 210 g/mol. The van der Waals surface area contributed by atoms with E-state index >= 15 is 0 Å². The van der Waals surface area contributed by atoms with Crippen LogP contribution < -0.4 is 4.74 Å². The smallest absolute Gasteiger partial charge is 0.339 e. The Morgan fingerprint density at radius 1 is 1.33 bits per heavy atom. The van der Waals surface area contributed by atoms with Crippen molar-refractivity contribution in [3.05, 3.63) is 29.3 Å². The highest BCUT2D eigenvalue weighted by Gasteiger charge is 2.15. The highest BCUT2D eigenvalue weighted by molar-refractivity contribution is 5.92. The van der Waals surface area contributed by atoms with Crippen molar-refractivity contribution in [1.82, 2.24) is 0 Å². The van der Waals surface area contributed by atoms with Gasteiger partial charge in [-0.2, -0.15) is 0 Å². The standard InChI is InChI=1S/C10H10O5/c1-15-9-6(5-8(11)12)3-2-4-7(9)10(13)14/h2-4H,5H2,1H3,(H,11,12)(H,13,14). The van der Waals surface area contributed by atoms with Crippen molar-refractivity contribution in [3.8, 4) is 5.75 Å². The zero-order chi connectivity index (χ0) is 11.4. The normalized spacial score (nSPS) is 9.67. The fraction of sp³-hybridized carbons (Fsp3) is 0.200. The van der Waals surface area contributed by atoms with E-state index in [4.69, 9.17) is 14.9 Å². The third kappa shape index (κ3) is 2.46. The van der Waals surface area contributed by atoms with Gasteiger partial charge in [-0.25, -0.2) is 4.79 Å². The van der Waals surface area contributed by atoms with Crippen LogP contribution in [0.2, 0.25) is 0 Å². The summed E-state index contributed by atoms with van der Waals surface area (Å²) in [5.41, 5.74) is 0.321. The number of aliphatic carboxylic acids is 1. The van der Waals surface area contributed by atoms with Crippen LogP contribution in [0, 0.1) is 0 Å². The average molecular weight is 210 g/mol. The van der Waals surface area contributed by atoms with E-state index in [0.717, 1.165) is 0 Å². The molecule has 0 aliphatic rings. The fourth-order valence-corrected chi connectivity index (χ4v) is 1.30. The molecular formula is C10H10O5. The van der Waals surface area contributed by atoms with Crippen LogP contribution in [0.5, 0.6) is 5.75 Å². The van der Waals surface area contributed by atoms with Gasteiger partial charge in [0.15, 0.2) is 0 Å². The first-order valence-electron chi connectivity index (χ1n) is 4.17. The number of carbonyl (C=O) groups is 2. The summed E-state index contributed by atoms with van der Waals surface area (Å²) in [6.45, 7) is 0. The Kier molecular flexibility index (Phi) is 3.28. The van der Waals surface area contributed by atoms with Crippen molar-refractivity contribution in [3.63, 3.8) is 0 Å². The predicted octanol–water partition coefficient (Wildman–Crippen LogP) is 1.02. The molecule has 0 atom stereocenters. The number of para-hydroxylation sites is 1. The number of aromatic carboxylic acids is 1. The molecule has 5 heteroatoms. The maximum atomic E-state index is 10.8. The molecule has 2 N–H and O–H groups in total. The van der Waals surface area contributed by atoms with Crippen LogP contribution in [0.1, 0.15) is 15.9 Å². The lowest BCUT2D eigenvalue weighted by Crippen LogP contribution is -2.07. The van der Waals surface area contributed by atoms with Crippen LogP contribution in [0.4, 0.5) is 0 Å². The Hall–Kier alpha value is -2.04. The first-order chi connectivity index (χ1) is 7.06. The molecule has 0 bridgehead atoms. The summed E-state index contributed by atoms with van der Waals surface area (Å²) in [4.78, 5) is 21.3. The Balaban J connectivity index is 3.21. The summed E-state index contributed by atoms with van der Waals surface area (Å²) in [7, 11) is 1.31. The highest BCUT2D eigenvalue weighted by atomic mass is 16.5. The molecule has 0 fully saturated rings. The summed E-state index contributed by atoms with van der Waals surface area (Å²) in [5, 5.41) is 17.4. The minimum Gasteiger partial charge on any atom is -0.496 e. The Bertz CT molecular complexity index is 397. The zero-order valence-electron chi connectivity index (χ0n) is 8.06. The molecular weight excluding hydrogens is 200 g/mol. The van der Waals surface area contributed by atoms with Crippen molar-refractivity contribution >= 4 is 11.9 Å². The van der Waals surface area contributed by atoms with E-state index in [9.17, 15) is 9.59 Å². The Morgan fingerprint density at radius 2 is 2.00 bits per heavy atom. The first kappa shape index (κ1) is 11.0. The maximum absolute atomic E-state index is 10.8. The van der Waals surface area contributed by atoms with Crippen molar-refractivity contribution in [2.45, 2.75) is 6.42 Å². The molecule has 80 valence electrons. The van der Waals surface area contributed by atoms with Crippen molar-refractivity contribution in [1.29, 1.82) is 0 Å². The van der Waals surface area contributed by atoms with E-state index in [1.165, 1.54) is 25.3 Å². The summed E-state index contributed by atoms with van der Waals surface area (Å²) in [5.74, 6) is -2.07. The average Bonchev–Trinajstić information content (AvgIpc) is 2.16. The number of benzene rings is 1. The van der Waals surface area contributed by atoms with Gasteiger partial charge in [-0.3, -0.25) is 4.79 Å². The Labute approximate surface area is 85.9 Å². The van der Waals surface area contributed by atoms with Gasteiger partial charge in [0.25, 0.3) is 0 Å². The third-order valence-electron chi connectivity index (χ3n) is 1.87. The lowest BCUT2D eigenvalue weighted by Gasteiger charge is -2.09. The number of carboxylic acid groups (broad SMARTS) is 2. The van der Waals surface area contributed by atoms with E-state index in [1.54, 1.807) is 0 Å². The van der Waals surface area contributed by atoms with Crippen LogP contribution >= 0.6 is 0 Å². The summed E-state index contributed by atoms with van der Waals surface area (Å²) < 4.78 is 4.89. The van der Waals surface area contributed by atoms with E-state index in [2.05, 4.69) is 0 Å². The molecule has 0 saturated heterocycles. The fourth-order valence-electron chi connectivity index (χ4n) is 1.30. The van der Waals surface area contributed by atoms with Crippen LogP contribution in [0.15, 0.2) is 18.2 Å². The second-order valence-corrected chi connectivity index (χ2v) is 2.87. The molecule has 0 radical (unpaired) electrons. The lowest BCUT2D eigenvalue weighted by molar-refractivity contribution is -0.136. The van der Waals surface area contributed by atoms with Crippen molar-refractivity contribution in [2.24, 2.45) is 0 Å². The molecule has 0 heterocycles. The van der Waals surface area contributed by atoms with Gasteiger partial charge in [-0.1, -0.05) is 12.1 Å². The SMILES string of the molecule is COc1c(CC(=O)O)cccc1C(=O)O. The number of carboxylic acids is 2. The molecule has 0 aliphatic heterocycles. The zero-order valence-corrected chi connectivity index (χ0v) is 8.06. The molecule has 0 unspecified atom stereocenters. The van der Waals surface area contributed by atoms with E-state index in [-0.39, 0.29) is 17.7 Å². The summed E-state index contributed by atoms with van der Waals surface area (Å²) >= 11 is 0. The van der Waals surface area contributed by atoms with Gasteiger partial charge in [-0.05, 0) is 6.07 Å². The molecule has 0 aromatic heterocycles. The van der Waals surface area contributed by atoms with Gasteiger partial charge in [0.2, 0.25) is 0 Å².